The summed E-state index contributed by atoms with van der Waals surface area (Å²) in [5.41, 5.74) is 0. The van der Waals surface area contributed by atoms with Gasteiger partial charge in [-0.2, -0.15) is 0 Å². The molecule has 0 saturated carbocycles. The fourth-order valence-electron chi connectivity index (χ4n) is 3.20. The number of carboxylic acids is 3. The second kappa shape index (κ2) is 13.5. The van der Waals surface area contributed by atoms with Gasteiger partial charge in [-0.15, -0.1) is 0 Å². The van der Waals surface area contributed by atoms with Gasteiger partial charge in [0.25, 0.3) is 0 Å². The fraction of sp³-hybridized carbons (Fsp3) is 0.850. The number of carbonyl (C=O) groups is 3. The summed E-state index contributed by atoms with van der Waals surface area (Å²) in [5, 5.41) is 28.1. The molecular weight excluding hydrogens is 378 g/mol. The van der Waals surface area contributed by atoms with Crippen molar-refractivity contribution in [2.45, 2.75) is 52.6 Å². The maximum Gasteiger partial charge on any atom is 0.320 e. The van der Waals surface area contributed by atoms with E-state index in [1.54, 1.807) is 28.8 Å². The first-order chi connectivity index (χ1) is 13.3. The van der Waals surface area contributed by atoms with E-state index in [0.29, 0.717) is 39.0 Å². The lowest BCUT2D eigenvalue weighted by Crippen LogP contribution is -2.47. The van der Waals surface area contributed by atoms with Gasteiger partial charge in [0.15, 0.2) is 0 Å². The Bertz CT molecular complexity index is 488. The van der Waals surface area contributed by atoms with Crippen molar-refractivity contribution in [2.75, 3.05) is 46.8 Å². The number of nitrogens with zero attached hydrogens (tertiary/aromatic N) is 3. The number of carboxylic acid groups (broad SMARTS) is 3. The van der Waals surface area contributed by atoms with Crippen LogP contribution < -0.4 is 0 Å². The van der Waals surface area contributed by atoms with Crippen LogP contribution in [0.2, 0.25) is 0 Å². The Morgan fingerprint density at radius 3 is 1.28 bits per heavy atom. The van der Waals surface area contributed by atoms with Crippen LogP contribution in [0.25, 0.3) is 0 Å². The van der Waals surface area contributed by atoms with E-state index in [4.69, 9.17) is 0 Å². The van der Waals surface area contributed by atoms with Gasteiger partial charge in [-0.1, -0.05) is 27.7 Å². The predicted octanol–water partition coefficient (Wildman–Crippen LogP) is 1.24. The zero-order valence-electron chi connectivity index (χ0n) is 18.7. The van der Waals surface area contributed by atoms with Gasteiger partial charge in [0.2, 0.25) is 0 Å². The third-order valence-electron chi connectivity index (χ3n) is 4.92. The molecule has 0 rings (SSSR count). The van der Waals surface area contributed by atoms with Crippen LogP contribution in [0.4, 0.5) is 0 Å². The van der Waals surface area contributed by atoms with Gasteiger partial charge < -0.3 is 15.3 Å². The molecule has 0 heterocycles. The lowest BCUT2D eigenvalue weighted by Gasteiger charge is -2.31. The summed E-state index contributed by atoms with van der Waals surface area (Å²) in [6.07, 6.45) is 1.03. The minimum atomic E-state index is -0.968. The normalized spacial score (nSPS) is 14.2. The summed E-state index contributed by atoms with van der Waals surface area (Å²) in [7, 11) is 3.46. The molecule has 0 aliphatic carbocycles. The summed E-state index contributed by atoms with van der Waals surface area (Å²) in [6, 6.07) is -1.24. The van der Waals surface area contributed by atoms with Crippen molar-refractivity contribution in [3.05, 3.63) is 0 Å². The highest BCUT2D eigenvalue weighted by atomic mass is 16.4. The molecular formula is C20H39N3O6. The Morgan fingerprint density at radius 1 is 0.690 bits per heavy atom. The van der Waals surface area contributed by atoms with Crippen molar-refractivity contribution in [3.8, 4) is 0 Å². The number of rotatable bonds is 16. The van der Waals surface area contributed by atoms with Crippen molar-refractivity contribution in [3.63, 3.8) is 0 Å². The monoisotopic (exact) mass is 417 g/mol. The topological polar surface area (TPSA) is 122 Å². The SMILES string of the molecule is CC(C)C[C@@H](C(=O)O)N(C)CCN(CCN(C)[C@@H](CC(C)C)C(=O)O)CC(=O)O. The molecule has 0 fully saturated rings. The smallest absolute Gasteiger partial charge is 0.320 e. The molecule has 9 nitrogen and oxygen atoms in total. The molecule has 3 N–H and O–H groups in total. The van der Waals surface area contributed by atoms with Crippen LogP contribution in [0.5, 0.6) is 0 Å². The van der Waals surface area contributed by atoms with Crippen LogP contribution in [-0.2, 0) is 14.4 Å². The number of aliphatic carboxylic acids is 3. The van der Waals surface area contributed by atoms with E-state index in [1.165, 1.54) is 0 Å². The van der Waals surface area contributed by atoms with E-state index in [2.05, 4.69) is 0 Å². The first-order valence-corrected chi connectivity index (χ1v) is 10.1. The van der Waals surface area contributed by atoms with Crippen molar-refractivity contribution in [1.82, 2.24) is 14.7 Å². The van der Waals surface area contributed by atoms with Crippen molar-refractivity contribution in [2.24, 2.45) is 11.8 Å². The molecule has 0 unspecified atom stereocenters. The summed E-state index contributed by atoms with van der Waals surface area (Å²) < 4.78 is 0. The standard InChI is InChI=1S/C20H39N3O6/c1-14(2)11-16(19(26)27)21(5)7-9-23(13-18(24)25)10-8-22(6)17(20(28)29)12-15(3)4/h14-17H,7-13H2,1-6H3,(H,24,25)(H,26,27)(H,28,29)/t16-,17-/m0/s1. The van der Waals surface area contributed by atoms with Crippen LogP contribution in [0.1, 0.15) is 40.5 Å². The molecule has 9 heteroatoms. The molecule has 0 aromatic carbocycles. The predicted molar refractivity (Wildman–Crippen MR) is 111 cm³/mol. The maximum absolute atomic E-state index is 11.5. The molecule has 29 heavy (non-hydrogen) atoms. The zero-order valence-corrected chi connectivity index (χ0v) is 18.7. The van der Waals surface area contributed by atoms with Crippen LogP contribution >= 0.6 is 0 Å². The van der Waals surface area contributed by atoms with E-state index in [0.717, 1.165) is 0 Å². The van der Waals surface area contributed by atoms with Crippen molar-refractivity contribution in [1.29, 1.82) is 0 Å². The molecule has 0 amide bonds. The highest BCUT2D eigenvalue weighted by molar-refractivity contribution is 5.73. The van der Waals surface area contributed by atoms with Crippen molar-refractivity contribution >= 4 is 17.9 Å². The van der Waals surface area contributed by atoms with E-state index in [1.807, 2.05) is 27.7 Å². The molecule has 0 aliphatic heterocycles. The van der Waals surface area contributed by atoms with Gasteiger partial charge in [0, 0.05) is 26.2 Å². The number of hydrogen-bond acceptors (Lipinski definition) is 6. The molecule has 170 valence electrons. The molecule has 0 aromatic rings. The van der Waals surface area contributed by atoms with Gasteiger partial charge >= 0.3 is 17.9 Å². The summed E-state index contributed by atoms with van der Waals surface area (Å²) in [6.45, 7) is 9.29. The van der Waals surface area contributed by atoms with Gasteiger partial charge in [-0.25, -0.2) is 0 Å². The molecule has 0 spiro atoms. The lowest BCUT2D eigenvalue weighted by molar-refractivity contribution is -0.144. The number of likely N-dealkylation sites (N-methyl/N-ethyl adjacent to an activating group) is 2. The molecule has 0 aliphatic rings. The Morgan fingerprint density at radius 2 is 1.03 bits per heavy atom. The minimum absolute atomic E-state index is 0.175. The molecule has 0 aromatic heterocycles. The summed E-state index contributed by atoms with van der Waals surface area (Å²) in [4.78, 5) is 39.5. The molecule has 0 radical (unpaired) electrons. The fourth-order valence-corrected chi connectivity index (χ4v) is 3.20. The first-order valence-electron chi connectivity index (χ1n) is 10.1. The van der Waals surface area contributed by atoms with E-state index in [-0.39, 0.29) is 18.4 Å². The highest BCUT2D eigenvalue weighted by Gasteiger charge is 2.26. The molecule has 2 atom stereocenters. The van der Waals surface area contributed by atoms with Crippen LogP contribution in [0.15, 0.2) is 0 Å². The zero-order chi connectivity index (χ0) is 22.7. The highest BCUT2D eigenvalue weighted by Crippen LogP contribution is 2.12. The maximum atomic E-state index is 11.5. The second-order valence-electron chi connectivity index (χ2n) is 8.60. The molecule has 0 saturated heterocycles. The Kier molecular flexibility index (Phi) is 12.7. The van der Waals surface area contributed by atoms with Gasteiger partial charge in [-0.3, -0.25) is 29.1 Å². The van der Waals surface area contributed by atoms with E-state index < -0.39 is 30.0 Å². The average molecular weight is 418 g/mol. The van der Waals surface area contributed by atoms with Crippen LogP contribution in [0.3, 0.4) is 0 Å². The second-order valence-corrected chi connectivity index (χ2v) is 8.60. The lowest BCUT2D eigenvalue weighted by atomic mass is 10.0. The Labute approximate surface area is 174 Å². The minimum Gasteiger partial charge on any atom is -0.480 e. The van der Waals surface area contributed by atoms with Crippen LogP contribution in [-0.4, -0.2) is 107 Å². The summed E-state index contributed by atoms with van der Waals surface area (Å²) >= 11 is 0. The average Bonchev–Trinajstić information content (AvgIpc) is 2.58. The number of hydrogen-bond donors (Lipinski definition) is 3. The van der Waals surface area contributed by atoms with E-state index >= 15 is 0 Å². The van der Waals surface area contributed by atoms with Gasteiger partial charge in [-0.05, 0) is 38.8 Å². The summed E-state index contributed by atoms with van der Waals surface area (Å²) in [5.74, 6) is -2.27. The van der Waals surface area contributed by atoms with Gasteiger partial charge in [0.1, 0.15) is 12.1 Å². The van der Waals surface area contributed by atoms with Crippen molar-refractivity contribution < 1.29 is 29.7 Å². The van der Waals surface area contributed by atoms with Crippen LogP contribution in [0, 0.1) is 11.8 Å². The molecule has 0 bridgehead atoms. The Balaban J connectivity index is 4.90. The third-order valence-corrected chi connectivity index (χ3v) is 4.92. The largest absolute Gasteiger partial charge is 0.480 e. The van der Waals surface area contributed by atoms with Gasteiger partial charge in [0.05, 0.1) is 6.54 Å². The Hall–Kier alpha value is -1.71. The third kappa shape index (κ3) is 11.8. The first kappa shape index (κ1) is 27.3. The quantitative estimate of drug-likeness (QED) is 0.340. The van der Waals surface area contributed by atoms with E-state index in [9.17, 15) is 29.7 Å².